The molecule has 2 rings (SSSR count). The molecule has 0 aromatic heterocycles. The van der Waals surface area contributed by atoms with Crippen molar-refractivity contribution in [3.63, 3.8) is 0 Å². The van der Waals surface area contributed by atoms with E-state index in [-0.39, 0.29) is 5.75 Å². The number of aryl methyl sites for hydroxylation is 2. The smallest absolute Gasteiger partial charge is 0.211 e. The van der Waals surface area contributed by atoms with E-state index in [0.717, 1.165) is 24.1 Å². The molecule has 0 heterocycles. The van der Waals surface area contributed by atoms with E-state index in [1.54, 1.807) is 6.07 Å². The Morgan fingerprint density at radius 1 is 0.923 bits per heavy atom. The Balaban J connectivity index is 0.000000273. The SMILES string of the molecule is CCCCCc1ccc(O)c(NC=O)c1.CCCCc1ccc(N)cc1. The van der Waals surface area contributed by atoms with Crippen molar-refractivity contribution in [2.45, 2.75) is 58.8 Å². The zero-order valence-corrected chi connectivity index (χ0v) is 16.0. The van der Waals surface area contributed by atoms with E-state index >= 15 is 0 Å². The van der Waals surface area contributed by atoms with Crippen LogP contribution in [0.1, 0.15) is 57.1 Å². The summed E-state index contributed by atoms with van der Waals surface area (Å²) in [7, 11) is 0. The minimum atomic E-state index is 0.112. The van der Waals surface area contributed by atoms with Gasteiger partial charge in [-0.2, -0.15) is 0 Å². The highest BCUT2D eigenvalue weighted by atomic mass is 16.3. The van der Waals surface area contributed by atoms with Gasteiger partial charge in [-0.15, -0.1) is 0 Å². The quantitative estimate of drug-likeness (QED) is 0.247. The predicted octanol–water partition coefficient (Wildman–Crippen LogP) is 5.30. The van der Waals surface area contributed by atoms with Crippen molar-refractivity contribution in [1.82, 2.24) is 0 Å². The summed E-state index contributed by atoms with van der Waals surface area (Å²) in [5.41, 5.74) is 9.43. The second kappa shape index (κ2) is 12.8. The van der Waals surface area contributed by atoms with Crippen LogP contribution >= 0.6 is 0 Å². The van der Waals surface area contributed by atoms with E-state index < -0.39 is 0 Å². The number of amides is 1. The molecular formula is C22H32N2O2. The first-order valence-corrected chi connectivity index (χ1v) is 9.47. The van der Waals surface area contributed by atoms with E-state index in [1.807, 2.05) is 24.3 Å². The number of phenols is 1. The largest absolute Gasteiger partial charge is 0.506 e. The summed E-state index contributed by atoms with van der Waals surface area (Å²) < 4.78 is 0. The molecule has 0 fully saturated rings. The molecule has 2 aromatic carbocycles. The highest BCUT2D eigenvalue weighted by molar-refractivity contribution is 5.75. The number of hydrogen-bond acceptors (Lipinski definition) is 3. The van der Waals surface area contributed by atoms with Crippen LogP contribution in [0.4, 0.5) is 11.4 Å². The van der Waals surface area contributed by atoms with Gasteiger partial charge in [-0.1, -0.05) is 51.3 Å². The van der Waals surface area contributed by atoms with E-state index in [2.05, 4.69) is 31.3 Å². The molecule has 4 nitrogen and oxygen atoms in total. The number of phenolic OH excluding ortho intramolecular Hbond substituents is 1. The number of nitrogens with one attached hydrogen (secondary N) is 1. The second-order valence-electron chi connectivity index (χ2n) is 6.42. The number of hydrogen-bond donors (Lipinski definition) is 3. The third-order valence-corrected chi connectivity index (χ3v) is 4.14. The topological polar surface area (TPSA) is 75.3 Å². The van der Waals surface area contributed by atoms with Crippen LogP contribution in [0.5, 0.6) is 5.75 Å². The molecule has 26 heavy (non-hydrogen) atoms. The Labute approximate surface area is 157 Å². The highest BCUT2D eigenvalue weighted by Gasteiger charge is 2.01. The Morgan fingerprint density at radius 3 is 2.15 bits per heavy atom. The summed E-state index contributed by atoms with van der Waals surface area (Å²) >= 11 is 0. The average Bonchev–Trinajstić information content (AvgIpc) is 2.65. The molecule has 2 aromatic rings. The van der Waals surface area contributed by atoms with Crippen LogP contribution in [-0.2, 0) is 17.6 Å². The third kappa shape index (κ3) is 8.56. The van der Waals surface area contributed by atoms with Gasteiger partial charge in [0.25, 0.3) is 0 Å². The molecule has 1 amide bonds. The zero-order valence-electron chi connectivity index (χ0n) is 16.0. The monoisotopic (exact) mass is 356 g/mol. The molecule has 0 spiro atoms. The number of aromatic hydroxyl groups is 1. The normalized spacial score (nSPS) is 9.92. The van der Waals surface area contributed by atoms with Crippen molar-refractivity contribution in [3.8, 4) is 5.75 Å². The Kier molecular flexibility index (Phi) is 10.6. The number of unbranched alkanes of at least 4 members (excludes halogenated alkanes) is 3. The number of carbonyl (C=O) groups is 1. The lowest BCUT2D eigenvalue weighted by Gasteiger charge is -2.06. The van der Waals surface area contributed by atoms with Gasteiger partial charge in [0.1, 0.15) is 5.75 Å². The van der Waals surface area contributed by atoms with Crippen molar-refractivity contribution in [2.75, 3.05) is 11.1 Å². The molecule has 0 saturated heterocycles. The molecular weight excluding hydrogens is 324 g/mol. The Morgan fingerprint density at radius 2 is 1.54 bits per heavy atom. The lowest BCUT2D eigenvalue weighted by molar-refractivity contribution is -0.105. The molecule has 4 N–H and O–H groups in total. The van der Waals surface area contributed by atoms with Gasteiger partial charge in [-0.25, -0.2) is 0 Å². The first-order chi connectivity index (χ1) is 12.6. The van der Waals surface area contributed by atoms with E-state index in [4.69, 9.17) is 5.73 Å². The molecule has 4 heteroatoms. The van der Waals surface area contributed by atoms with Gasteiger partial charge in [-0.3, -0.25) is 4.79 Å². The molecule has 142 valence electrons. The zero-order chi connectivity index (χ0) is 19.2. The first kappa shape index (κ1) is 21.6. The van der Waals surface area contributed by atoms with E-state index in [9.17, 15) is 9.90 Å². The molecule has 0 aliphatic rings. The van der Waals surface area contributed by atoms with Gasteiger partial charge in [0, 0.05) is 5.69 Å². The summed E-state index contributed by atoms with van der Waals surface area (Å²) in [5, 5.41) is 11.9. The van der Waals surface area contributed by atoms with Crippen LogP contribution in [0.25, 0.3) is 0 Å². The maximum absolute atomic E-state index is 10.3. The maximum Gasteiger partial charge on any atom is 0.211 e. The molecule has 0 aliphatic carbocycles. The van der Waals surface area contributed by atoms with E-state index in [1.165, 1.54) is 37.7 Å². The standard InChI is InChI=1S/C12H17NO2.C10H15N/c1-2-3-4-5-10-6-7-12(15)11(8-10)13-9-14;1-2-3-4-9-5-7-10(11)8-6-9/h6-9,15H,2-5H2,1H3,(H,13,14);5-8H,2-4,11H2,1H3. The van der Waals surface area contributed by atoms with Crippen LogP contribution in [-0.4, -0.2) is 11.5 Å². The van der Waals surface area contributed by atoms with Crippen molar-refractivity contribution in [3.05, 3.63) is 53.6 Å². The Bertz CT molecular complexity index is 639. The van der Waals surface area contributed by atoms with Crippen LogP contribution in [0.2, 0.25) is 0 Å². The summed E-state index contributed by atoms with van der Waals surface area (Å²) in [6.45, 7) is 4.37. The van der Waals surface area contributed by atoms with E-state index in [0.29, 0.717) is 12.1 Å². The van der Waals surface area contributed by atoms with Crippen molar-refractivity contribution in [1.29, 1.82) is 0 Å². The number of anilines is 2. The first-order valence-electron chi connectivity index (χ1n) is 9.47. The predicted molar refractivity (Wildman–Crippen MR) is 110 cm³/mol. The van der Waals surface area contributed by atoms with Crippen LogP contribution < -0.4 is 11.1 Å². The van der Waals surface area contributed by atoms with Gasteiger partial charge in [0.2, 0.25) is 6.41 Å². The van der Waals surface area contributed by atoms with Gasteiger partial charge in [0.05, 0.1) is 5.69 Å². The molecule has 0 bridgehead atoms. The molecule has 0 unspecified atom stereocenters. The lowest BCUT2D eigenvalue weighted by Crippen LogP contribution is -1.95. The molecule has 0 atom stereocenters. The summed E-state index contributed by atoms with van der Waals surface area (Å²) in [4.78, 5) is 10.3. The van der Waals surface area contributed by atoms with Crippen LogP contribution in [0.3, 0.4) is 0 Å². The Hall–Kier alpha value is -2.49. The fraction of sp³-hybridized carbons (Fsp3) is 0.409. The van der Waals surface area contributed by atoms with Crippen LogP contribution in [0.15, 0.2) is 42.5 Å². The number of nitrogens with two attached hydrogens (primary N) is 1. The van der Waals surface area contributed by atoms with Gasteiger partial charge >= 0.3 is 0 Å². The van der Waals surface area contributed by atoms with Crippen molar-refractivity contribution < 1.29 is 9.90 Å². The number of nitrogen functional groups attached to an aromatic ring is 1. The number of carbonyl (C=O) groups excluding carboxylic acids is 1. The number of benzene rings is 2. The minimum Gasteiger partial charge on any atom is -0.506 e. The van der Waals surface area contributed by atoms with Gasteiger partial charge < -0.3 is 16.2 Å². The maximum atomic E-state index is 10.3. The number of rotatable bonds is 9. The van der Waals surface area contributed by atoms with Crippen molar-refractivity contribution >= 4 is 17.8 Å². The molecule has 0 radical (unpaired) electrons. The molecule has 0 aliphatic heterocycles. The third-order valence-electron chi connectivity index (χ3n) is 4.14. The minimum absolute atomic E-state index is 0.112. The molecule has 0 saturated carbocycles. The fourth-order valence-electron chi connectivity index (χ4n) is 2.56. The lowest BCUT2D eigenvalue weighted by atomic mass is 10.1. The highest BCUT2D eigenvalue weighted by Crippen LogP contribution is 2.24. The van der Waals surface area contributed by atoms with Crippen molar-refractivity contribution in [2.24, 2.45) is 0 Å². The second-order valence-corrected chi connectivity index (χ2v) is 6.42. The fourth-order valence-corrected chi connectivity index (χ4v) is 2.56. The van der Waals surface area contributed by atoms with Gasteiger partial charge in [-0.05, 0) is 61.1 Å². The summed E-state index contributed by atoms with van der Waals surface area (Å²) in [6.07, 6.45) is 8.80. The summed E-state index contributed by atoms with van der Waals surface area (Å²) in [6, 6.07) is 13.5. The average molecular weight is 357 g/mol. The van der Waals surface area contributed by atoms with Gasteiger partial charge in [0.15, 0.2) is 0 Å². The summed E-state index contributed by atoms with van der Waals surface area (Å²) in [5.74, 6) is 0.112. The van der Waals surface area contributed by atoms with Crippen LogP contribution in [0, 0.1) is 0 Å².